The summed E-state index contributed by atoms with van der Waals surface area (Å²) in [5.74, 6) is -0.395. The molecule has 0 fully saturated rings. The number of aliphatic hydroxyl groups excluding tert-OH is 1. The molecule has 0 aliphatic rings. The van der Waals surface area contributed by atoms with Crippen molar-refractivity contribution in [1.82, 2.24) is 0 Å². The van der Waals surface area contributed by atoms with E-state index in [4.69, 9.17) is 14.0 Å². The third-order valence-corrected chi connectivity index (χ3v) is 6.52. The molecule has 0 amide bonds. The third-order valence-electron chi connectivity index (χ3n) is 4.04. The lowest BCUT2D eigenvalue weighted by atomic mass is 10.2. The molecule has 2 aromatic carbocycles. The number of aliphatic hydroxyl groups is 1. The van der Waals surface area contributed by atoms with Gasteiger partial charge in [-0.25, -0.2) is 0 Å². The van der Waals surface area contributed by atoms with E-state index in [-0.39, 0.29) is 0 Å². The maximum atomic E-state index is 13.4. The number of benzene rings is 2. The molecule has 0 saturated heterocycles. The van der Waals surface area contributed by atoms with Crippen LogP contribution in [0.5, 0.6) is 11.5 Å². The molecule has 0 spiro atoms. The van der Waals surface area contributed by atoms with E-state index in [1.165, 1.54) is 21.3 Å². The molecule has 2 rings (SSSR count). The van der Waals surface area contributed by atoms with E-state index in [1.807, 2.05) is 31.1 Å². The molecule has 0 saturated carbocycles. The van der Waals surface area contributed by atoms with Gasteiger partial charge in [-0.2, -0.15) is 0 Å². The highest BCUT2D eigenvalue weighted by molar-refractivity contribution is 7.67. The van der Waals surface area contributed by atoms with Crippen molar-refractivity contribution in [2.24, 2.45) is 0 Å². The van der Waals surface area contributed by atoms with E-state index in [1.54, 1.807) is 30.3 Å². The zero-order valence-electron chi connectivity index (χ0n) is 15.1. The Bertz CT molecular complexity index is 761. The van der Waals surface area contributed by atoms with Crippen LogP contribution in [0.2, 0.25) is 0 Å². The van der Waals surface area contributed by atoms with Crippen molar-refractivity contribution in [1.29, 1.82) is 0 Å². The van der Waals surface area contributed by atoms with Gasteiger partial charge in [0.25, 0.3) is 7.37 Å². The number of methoxy groups -OCH3 is 2. The van der Waals surface area contributed by atoms with Crippen LogP contribution in [0.25, 0.3) is 0 Å². The van der Waals surface area contributed by atoms with Crippen LogP contribution in [-0.4, -0.2) is 40.5 Å². The Morgan fingerprint density at radius 2 is 1.64 bits per heavy atom. The smallest absolute Gasteiger partial charge is 0.264 e. The van der Waals surface area contributed by atoms with E-state index < -0.39 is 13.2 Å². The van der Waals surface area contributed by atoms with Crippen molar-refractivity contribution >= 4 is 18.4 Å². The summed E-state index contributed by atoms with van der Waals surface area (Å²) < 4.78 is 29.2. The topological polar surface area (TPSA) is 68.2 Å². The molecule has 2 aromatic rings. The van der Waals surface area contributed by atoms with Crippen LogP contribution in [0.15, 0.2) is 42.5 Å². The summed E-state index contributed by atoms with van der Waals surface area (Å²) in [4.78, 5) is 1.93. The van der Waals surface area contributed by atoms with Gasteiger partial charge in [-0.15, -0.1) is 0 Å². The second-order valence-electron chi connectivity index (χ2n) is 5.67. The quantitative estimate of drug-likeness (QED) is 0.761. The van der Waals surface area contributed by atoms with Crippen LogP contribution in [0.1, 0.15) is 11.4 Å². The maximum Gasteiger partial charge on any atom is 0.264 e. The standard InChI is InChI=1S/C18H24NO5P/c1-19(2)13-6-9-15(10-7-13)25(21,24-5)18(20)16-11-8-14(22-3)12-17(16)23-4/h6-12,18,20H,1-5H3/t18-,25+/m0/s1. The van der Waals surface area contributed by atoms with Gasteiger partial charge in [0.05, 0.1) is 14.2 Å². The normalized spacial score (nSPS) is 14.5. The van der Waals surface area contributed by atoms with Crippen LogP contribution in [0, 0.1) is 0 Å². The Labute approximate surface area is 148 Å². The molecular formula is C18H24NO5P. The fourth-order valence-corrected chi connectivity index (χ4v) is 4.36. The minimum Gasteiger partial charge on any atom is -0.497 e. The average Bonchev–Trinajstić information content (AvgIpc) is 2.66. The molecule has 7 heteroatoms. The van der Waals surface area contributed by atoms with Gasteiger partial charge >= 0.3 is 0 Å². The zero-order valence-corrected chi connectivity index (χ0v) is 16.0. The molecule has 0 bridgehead atoms. The fraction of sp³-hybridized carbons (Fsp3) is 0.333. The van der Waals surface area contributed by atoms with Crippen LogP contribution >= 0.6 is 7.37 Å². The van der Waals surface area contributed by atoms with Crippen molar-refractivity contribution in [3.63, 3.8) is 0 Å². The van der Waals surface area contributed by atoms with Crippen molar-refractivity contribution in [3.05, 3.63) is 48.0 Å². The van der Waals surface area contributed by atoms with Gasteiger partial charge in [-0.3, -0.25) is 4.57 Å². The molecule has 0 radical (unpaired) electrons. The summed E-state index contributed by atoms with van der Waals surface area (Å²) in [6.07, 6.45) is 0. The largest absolute Gasteiger partial charge is 0.497 e. The van der Waals surface area contributed by atoms with E-state index in [0.717, 1.165) is 5.69 Å². The molecule has 6 nitrogen and oxygen atoms in total. The van der Waals surface area contributed by atoms with E-state index >= 15 is 0 Å². The Morgan fingerprint density at radius 3 is 2.12 bits per heavy atom. The Hall–Kier alpha value is -2.01. The number of ether oxygens (including phenoxy) is 2. The van der Waals surface area contributed by atoms with Crippen LogP contribution in [0.4, 0.5) is 5.69 Å². The zero-order chi connectivity index (χ0) is 18.6. The lowest BCUT2D eigenvalue weighted by Gasteiger charge is -2.24. The number of hydrogen-bond acceptors (Lipinski definition) is 6. The van der Waals surface area contributed by atoms with Crippen molar-refractivity contribution in [3.8, 4) is 11.5 Å². The minimum absolute atomic E-state index is 0.380. The highest BCUT2D eigenvalue weighted by atomic mass is 31.2. The van der Waals surface area contributed by atoms with Gasteiger partial charge in [-0.05, 0) is 36.4 Å². The monoisotopic (exact) mass is 365 g/mol. The second-order valence-corrected chi connectivity index (χ2v) is 8.24. The van der Waals surface area contributed by atoms with Gasteiger partial charge in [-0.1, -0.05) is 0 Å². The summed E-state index contributed by atoms with van der Waals surface area (Å²) >= 11 is 0. The maximum absolute atomic E-state index is 13.4. The molecule has 0 heterocycles. The molecule has 0 unspecified atom stereocenters. The summed E-state index contributed by atoms with van der Waals surface area (Å²) in [6, 6.07) is 12.0. The lowest BCUT2D eigenvalue weighted by Crippen LogP contribution is -2.15. The van der Waals surface area contributed by atoms with Gasteiger partial charge in [0, 0.05) is 43.8 Å². The first-order valence-electron chi connectivity index (χ1n) is 7.70. The number of nitrogens with zero attached hydrogens (tertiary/aromatic N) is 1. The van der Waals surface area contributed by atoms with Crippen LogP contribution in [-0.2, 0) is 9.09 Å². The highest BCUT2D eigenvalue weighted by Crippen LogP contribution is 2.58. The lowest BCUT2D eigenvalue weighted by molar-refractivity contribution is 0.223. The molecular weight excluding hydrogens is 341 g/mol. The van der Waals surface area contributed by atoms with Crippen molar-refractivity contribution in [2.75, 3.05) is 40.3 Å². The van der Waals surface area contributed by atoms with Gasteiger partial charge in [0.1, 0.15) is 11.5 Å². The number of rotatable bonds is 7. The summed E-state index contributed by atoms with van der Waals surface area (Å²) in [5, 5.41) is 11.3. The Kier molecular flexibility index (Phi) is 6.11. The fourth-order valence-electron chi connectivity index (χ4n) is 2.52. The average molecular weight is 365 g/mol. The van der Waals surface area contributed by atoms with Gasteiger partial charge < -0.3 is 24.0 Å². The second kappa shape index (κ2) is 7.91. The first-order chi connectivity index (χ1) is 11.9. The van der Waals surface area contributed by atoms with Crippen LogP contribution < -0.4 is 19.7 Å². The first kappa shape index (κ1) is 19.3. The highest BCUT2D eigenvalue weighted by Gasteiger charge is 2.37. The predicted octanol–water partition coefficient (Wildman–Crippen LogP) is 3.01. The first-order valence-corrected chi connectivity index (χ1v) is 9.40. The molecule has 25 heavy (non-hydrogen) atoms. The van der Waals surface area contributed by atoms with Crippen LogP contribution in [0.3, 0.4) is 0 Å². The molecule has 136 valence electrons. The van der Waals surface area contributed by atoms with Gasteiger partial charge in [0.2, 0.25) is 0 Å². The van der Waals surface area contributed by atoms with Gasteiger partial charge in [0.15, 0.2) is 5.85 Å². The Balaban J connectivity index is 2.46. The summed E-state index contributed by atoms with van der Waals surface area (Å²) in [5.41, 5.74) is 1.34. The molecule has 2 atom stereocenters. The number of hydrogen-bond donors (Lipinski definition) is 1. The Morgan fingerprint density at radius 1 is 1.00 bits per heavy atom. The summed E-state index contributed by atoms with van der Waals surface area (Å²) in [6.45, 7) is 0. The van der Waals surface area contributed by atoms with E-state index in [2.05, 4.69) is 0 Å². The number of anilines is 1. The summed E-state index contributed by atoms with van der Waals surface area (Å²) in [7, 11) is 4.63. The molecule has 1 N–H and O–H groups in total. The molecule has 0 aliphatic heterocycles. The molecule has 0 aliphatic carbocycles. The molecule has 0 aromatic heterocycles. The van der Waals surface area contributed by atoms with Crippen molar-refractivity contribution < 1.29 is 23.7 Å². The van der Waals surface area contributed by atoms with E-state index in [0.29, 0.717) is 22.4 Å². The van der Waals surface area contributed by atoms with E-state index in [9.17, 15) is 9.67 Å². The minimum atomic E-state index is -3.56. The predicted molar refractivity (Wildman–Crippen MR) is 99.5 cm³/mol. The third kappa shape index (κ3) is 3.82. The SMILES string of the molecule is COc1ccc([C@@H](O)[P@](=O)(OC)c2ccc(N(C)C)cc2)c(OC)c1. The van der Waals surface area contributed by atoms with Crippen molar-refractivity contribution in [2.45, 2.75) is 5.85 Å².